The highest BCUT2D eigenvalue weighted by atomic mass is 35.5. The first-order chi connectivity index (χ1) is 14.9. The Hall–Kier alpha value is -2.85. The maximum atomic E-state index is 8.54. The molecule has 2 aromatic rings. The fourth-order valence-corrected chi connectivity index (χ4v) is 3.65. The van der Waals surface area contributed by atoms with Crippen molar-refractivity contribution in [2.45, 2.75) is 20.0 Å². The normalized spacial score (nSPS) is 14.5. The van der Waals surface area contributed by atoms with Crippen molar-refractivity contribution in [1.29, 1.82) is 10.5 Å². The molecular weight excluding hydrogens is 455 g/mol. The number of aliphatic imine (C=N–C) groups is 2. The molecule has 0 unspecified atom stereocenters. The van der Waals surface area contributed by atoms with Crippen LogP contribution >= 0.6 is 35.0 Å². The van der Waals surface area contributed by atoms with E-state index in [0.29, 0.717) is 22.7 Å². The average molecular weight is 475 g/mol. The average Bonchev–Trinajstić information content (AvgIpc) is 3.19. The van der Waals surface area contributed by atoms with Crippen LogP contribution in [0.2, 0.25) is 10.3 Å². The lowest BCUT2D eigenvalue weighted by atomic mass is 10.3. The number of nitrogens with zero attached hydrogens (tertiary/aromatic N) is 8. The van der Waals surface area contributed by atoms with E-state index >= 15 is 0 Å². The Balaban J connectivity index is 0.000000221. The number of pyridine rings is 2. The summed E-state index contributed by atoms with van der Waals surface area (Å²) < 4.78 is 0. The summed E-state index contributed by atoms with van der Waals surface area (Å²) in [5, 5.41) is 18.7. The fourth-order valence-electron chi connectivity index (χ4n) is 2.49. The monoisotopic (exact) mass is 474 g/mol. The van der Waals surface area contributed by atoms with Gasteiger partial charge in [0.2, 0.25) is 12.4 Å². The van der Waals surface area contributed by atoms with Crippen molar-refractivity contribution in [2.75, 3.05) is 19.3 Å². The summed E-state index contributed by atoms with van der Waals surface area (Å²) in [5.74, 6) is 1.65. The van der Waals surface area contributed by atoms with Crippen LogP contribution in [0.5, 0.6) is 0 Å². The van der Waals surface area contributed by atoms with Gasteiger partial charge in [-0.2, -0.15) is 15.5 Å². The number of halogens is 2. The van der Waals surface area contributed by atoms with Gasteiger partial charge >= 0.3 is 0 Å². The van der Waals surface area contributed by atoms with Crippen molar-refractivity contribution in [3.63, 3.8) is 0 Å². The van der Waals surface area contributed by atoms with Crippen LogP contribution in [0.25, 0.3) is 0 Å². The molecule has 31 heavy (non-hydrogen) atoms. The first-order valence-corrected chi connectivity index (χ1v) is 10.9. The maximum Gasteiger partial charge on any atom is 0.208 e. The maximum absolute atomic E-state index is 8.54. The highest BCUT2D eigenvalue weighted by Gasteiger charge is 2.19. The molecule has 0 aliphatic carbocycles. The molecule has 0 radical (unpaired) electrons. The number of aromatic nitrogens is 2. The summed E-state index contributed by atoms with van der Waals surface area (Å²) in [4.78, 5) is 19.4. The Bertz CT molecular complexity index is 994. The van der Waals surface area contributed by atoms with Gasteiger partial charge in [-0.3, -0.25) is 0 Å². The summed E-state index contributed by atoms with van der Waals surface area (Å²) >= 11 is 13.0. The van der Waals surface area contributed by atoms with Crippen molar-refractivity contribution in [3.05, 3.63) is 58.1 Å². The molecular formula is C20H20Cl2N8S. The van der Waals surface area contributed by atoms with E-state index in [1.165, 1.54) is 0 Å². The van der Waals surface area contributed by atoms with Gasteiger partial charge in [-0.15, -0.1) is 4.99 Å². The van der Waals surface area contributed by atoms with Crippen LogP contribution in [0.4, 0.5) is 0 Å². The predicted octanol–water partition coefficient (Wildman–Crippen LogP) is 4.19. The van der Waals surface area contributed by atoms with Crippen molar-refractivity contribution in [3.8, 4) is 12.4 Å². The Morgan fingerprint density at radius 2 is 1.77 bits per heavy atom. The molecule has 1 aliphatic rings. The molecule has 8 nitrogen and oxygen atoms in total. The molecule has 1 saturated heterocycles. The number of nitriles is 2. The molecule has 3 rings (SSSR count). The Morgan fingerprint density at radius 3 is 2.32 bits per heavy atom. The van der Waals surface area contributed by atoms with Crippen LogP contribution in [0.15, 0.2) is 46.6 Å². The second kappa shape index (κ2) is 12.8. The van der Waals surface area contributed by atoms with Crippen LogP contribution in [-0.4, -0.2) is 50.1 Å². The van der Waals surface area contributed by atoms with Gasteiger partial charge in [0.15, 0.2) is 5.17 Å². The minimum atomic E-state index is 0.476. The molecule has 0 spiro atoms. The van der Waals surface area contributed by atoms with Crippen molar-refractivity contribution < 1.29 is 0 Å². The van der Waals surface area contributed by atoms with Crippen LogP contribution in [0.3, 0.4) is 0 Å². The topological polar surface area (TPSA) is 105 Å². The number of rotatable bonds is 4. The Morgan fingerprint density at radius 1 is 1.13 bits per heavy atom. The van der Waals surface area contributed by atoms with E-state index in [-0.39, 0.29) is 0 Å². The minimum Gasteiger partial charge on any atom is -0.358 e. The van der Waals surface area contributed by atoms with Crippen molar-refractivity contribution in [2.24, 2.45) is 9.98 Å². The van der Waals surface area contributed by atoms with Gasteiger partial charge < -0.3 is 9.80 Å². The predicted molar refractivity (Wildman–Crippen MR) is 125 cm³/mol. The van der Waals surface area contributed by atoms with E-state index in [2.05, 4.69) is 24.9 Å². The van der Waals surface area contributed by atoms with E-state index in [0.717, 1.165) is 35.1 Å². The number of hydrogen-bond donors (Lipinski definition) is 0. The SMILES string of the molecule is C/C(=N\C#N)N(C)Cc1ccc(Cl)nc1.N#C/N=C1\SCCN1Cc1ccc(Cl)nc1. The zero-order valence-corrected chi connectivity index (χ0v) is 19.4. The molecule has 0 aromatic carbocycles. The summed E-state index contributed by atoms with van der Waals surface area (Å²) in [6.45, 7) is 4.07. The van der Waals surface area contributed by atoms with Crippen LogP contribution in [0.1, 0.15) is 18.1 Å². The van der Waals surface area contributed by atoms with Gasteiger partial charge in [-0.25, -0.2) is 9.97 Å². The van der Waals surface area contributed by atoms with Crippen molar-refractivity contribution >= 4 is 46.0 Å². The molecule has 160 valence electrons. The van der Waals surface area contributed by atoms with Gasteiger partial charge in [0.25, 0.3) is 0 Å². The zero-order valence-electron chi connectivity index (χ0n) is 17.0. The third kappa shape index (κ3) is 8.42. The number of amidine groups is 2. The van der Waals surface area contributed by atoms with Crippen LogP contribution in [0, 0.1) is 22.9 Å². The van der Waals surface area contributed by atoms with E-state index < -0.39 is 0 Å². The van der Waals surface area contributed by atoms with E-state index in [9.17, 15) is 0 Å². The second-order valence-corrected chi connectivity index (χ2v) is 8.19. The molecule has 0 atom stereocenters. The lowest BCUT2D eigenvalue weighted by Crippen LogP contribution is -2.23. The van der Waals surface area contributed by atoms with E-state index in [1.54, 1.807) is 49.4 Å². The largest absolute Gasteiger partial charge is 0.358 e. The quantitative estimate of drug-likeness (QED) is 0.283. The molecule has 0 saturated carbocycles. The summed E-state index contributed by atoms with van der Waals surface area (Å²) in [5.41, 5.74) is 2.09. The Kier molecular flexibility index (Phi) is 10.0. The highest BCUT2D eigenvalue weighted by molar-refractivity contribution is 8.14. The lowest BCUT2D eigenvalue weighted by Gasteiger charge is -2.17. The smallest absolute Gasteiger partial charge is 0.208 e. The minimum absolute atomic E-state index is 0.476. The zero-order chi connectivity index (χ0) is 22.6. The first-order valence-electron chi connectivity index (χ1n) is 9.12. The third-order valence-electron chi connectivity index (χ3n) is 4.14. The first kappa shape index (κ1) is 24.4. The molecule has 2 aromatic heterocycles. The molecule has 1 aliphatic heterocycles. The standard InChI is InChI=1S/C10H9ClN4S.C10H11ClN4/c11-9-2-1-8(5-13-9)6-15-3-4-16-10(15)14-7-12;1-8(14-7-12)15(2)6-9-3-4-10(11)13-5-9/h1-2,5H,3-4,6H2;3-5H,6H2,1-2H3/b14-10-;14-8+. The van der Waals surface area contributed by atoms with E-state index in [1.807, 2.05) is 30.3 Å². The molecule has 0 N–H and O–H groups in total. The molecule has 0 amide bonds. The lowest BCUT2D eigenvalue weighted by molar-refractivity contribution is 0.456. The van der Waals surface area contributed by atoms with E-state index in [4.69, 9.17) is 33.7 Å². The Labute approximate surface area is 195 Å². The molecule has 11 heteroatoms. The molecule has 0 bridgehead atoms. The summed E-state index contributed by atoms with van der Waals surface area (Å²) in [6.07, 6.45) is 7.03. The summed E-state index contributed by atoms with van der Waals surface area (Å²) in [7, 11) is 1.87. The summed E-state index contributed by atoms with van der Waals surface area (Å²) in [6, 6.07) is 7.33. The van der Waals surface area contributed by atoms with Gasteiger partial charge in [0, 0.05) is 44.8 Å². The fraction of sp³-hybridized carbons (Fsp3) is 0.300. The highest BCUT2D eigenvalue weighted by Crippen LogP contribution is 2.20. The molecule has 1 fully saturated rings. The number of hydrogen-bond acceptors (Lipinski definition) is 7. The third-order valence-corrected chi connectivity index (χ3v) is 5.58. The second-order valence-electron chi connectivity index (χ2n) is 6.36. The molecule has 3 heterocycles. The number of thioether (sulfide) groups is 1. The van der Waals surface area contributed by atoms with Crippen LogP contribution in [-0.2, 0) is 13.1 Å². The van der Waals surface area contributed by atoms with Crippen LogP contribution < -0.4 is 0 Å². The van der Waals surface area contributed by atoms with Gasteiger partial charge in [0.05, 0.1) is 0 Å². The van der Waals surface area contributed by atoms with Crippen molar-refractivity contribution in [1.82, 2.24) is 19.8 Å². The van der Waals surface area contributed by atoms with Gasteiger partial charge in [-0.1, -0.05) is 47.1 Å². The van der Waals surface area contributed by atoms with Gasteiger partial charge in [0.1, 0.15) is 16.1 Å². The van der Waals surface area contributed by atoms with Gasteiger partial charge in [-0.05, 0) is 30.2 Å².